The van der Waals surface area contributed by atoms with Crippen LogP contribution in [0.2, 0.25) is 0 Å². The van der Waals surface area contributed by atoms with Gasteiger partial charge in [-0.2, -0.15) is 0 Å². The fourth-order valence-corrected chi connectivity index (χ4v) is 2.50. The van der Waals surface area contributed by atoms with Crippen molar-refractivity contribution < 1.29 is 0 Å². The number of rotatable bonds is 2. The first kappa shape index (κ1) is 9.70. The van der Waals surface area contributed by atoms with Crippen LogP contribution in [0.25, 0.3) is 11.0 Å². The molecule has 3 rings (SSSR count). The molecule has 1 heterocycles. The van der Waals surface area contributed by atoms with Crippen molar-refractivity contribution in [2.24, 2.45) is 5.92 Å². The molecule has 1 aliphatic carbocycles. The topological polar surface area (TPSA) is 43.8 Å². The van der Waals surface area contributed by atoms with E-state index >= 15 is 0 Å². The molecular weight excluding hydrogens is 198 g/mol. The van der Waals surface area contributed by atoms with Gasteiger partial charge >= 0.3 is 0 Å². The Balaban J connectivity index is 2.10. The summed E-state index contributed by atoms with van der Waals surface area (Å²) < 4.78 is 2.19. The molecule has 0 amide bonds. The second-order valence-electron chi connectivity index (χ2n) is 4.82. The van der Waals surface area contributed by atoms with Crippen molar-refractivity contribution in [2.45, 2.75) is 32.7 Å². The SMILES string of the molecule is Cc1cccc2nc(N)n(CC3CCC3)c12. The summed E-state index contributed by atoms with van der Waals surface area (Å²) in [5.74, 6) is 1.47. The van der Waals surface area contributed by atoms with Crippen molar-refractivity contribution in [3.63, 3.8) is 0 Å². The molecule has 16 heavy (non-hydrogen) atoms. The highest BCUT2D eigenvalue weighted by Crippen LogP contribution is 2.31. The Kier molecular flexibility index (Phi) is 2.13. The largest absolute Gasteiger partial charge is 0.369 e. The highest BCUT2D eigenvalue weighted by atomic mass is 15.2. The minimum absolute atomic E-state index is 0.663. The molecule has 1 fully saturated rings. The number of para-hydroxylation sites is 1. The molecule has 3 heteroatoms. The number of benzene rings is 1. The lowest BCUT2D eigenvalue weighted by Crippen LogP contribution is -2.19. The number of anilines is 1. The first-order chi connectivity index (χ1) is 7.75. The smallest absolute Gasteiger partial charge is 0.201 e. The summed E-state index contributed by atoms with van der Waals surface area (Å²) in [6.45, 7) is 3.16. The number of nitrogen functional groups attached to an aromatic ring is 1. The molecule has 3 nitrogen and oxygen atoms in total. The first-order valence-electron chi connectivity index (χ1n) is 5.97. The molecule has 0 spiro atoms. The monoisotopic (exact) mass is 215 g/mol. The van der Waals surface area contributed by atoms with Gasteiger partial charge in [0, 0.05) is 6.54 Å². The van der Waals surface area contributed by atoms with E-state index in [-0.39, 0.29) is 0 Å². The third kappa shape index (κ3) is 1.39. The number of aryl methyl sites for hydroxylation is 1. The summed E-state index contributed by atoms with van der Waals surface area (Å²) in [5, 5.41) is 0. The maximum Gasteiger partial charge on any atom is 0.201 e. The third-order valence-corrected chi connectivity index (χ3v) is 3.66. The van der Waals surface area contributed by atoms with E-state index in [1.54, 1.807) is 0 Å². The van der Waals surface area contributed by atoms with Crippen LogP contribution < -0.4 is 5.73 Å². The molecule has 0 saturated heterocycles. The molecule has 0 bridgehead atoms. The number of hydrogen-bond acceptors (Lipinski definition) is 2. The van der Waals surface area contributed by atoms with E-state index in [9.17, 15) is 0 Å². The maximum atomic E-state index is 6.00. The Labute approximate surface area is 95.3 Å². The molecule has 1 saturated carbocycles. The lowest BCUT2D eigenvalue weighted by molar-refractivity contribution is 0.280. The van der Waals surface area contributed by atoms with Crippen LogP contribution in [0.4, 0.5) is 5.95 Å². The number of nitrogens with zero attached hydrogens (tertiary/aromatic N) is 2. The highest BCUT2D eigenvalue weighted by molar-refractivity contribution is 5.81. The van der Waals surface area contributed by atoms with E-state index < -0.39 is 0 Å². The summed E-state index contributed by atoms with van der Waals surface area (Å²) >= 11 is 0. The van der Waals surface area contributed by atoms with Gasteiger partial charge in [0.05, 0.1) is 11.0 Å². The lowest BCUT2D eigenvalue weighted by atomic mass is 9.85. The van der Waals surface area contributed by atoms with Crippen molar-refractivity contribution >= 4 is 17.0 Å². The van der Waals surface area contributed by atoms with Gasteiger partial charge in [-0.1, -0.05) is 18.6 Å². The molecule has 0 radical (unpaired) electrons. The number of nitrogens with two attached hydrogens (primary N) is 1. The number of fused-ring (bicyclic) bond motifs is 1. The molecule has 1 aromatic carbocycles. The summed E-state index contributed by atoms with van der Waals surface area (Å²) in [5.41, 5.74) is 9.51. The molecule has 0 unspecified atom stereocenters. The zero-order valence-corrected chi connectivity index (χ0v) is 9.61. The van der Waals surface area contributed by atoms with E-state index in [4.69, 9.17) is 5.73 Å². The minimum atomic E-state index is 0.663. The van der Waals surface area contributed by atoms with Gasteiger partial charge in [-0.3, -0.25) is 0 Å². The summed E-state index contributed by atoms with van der Waals surface area (Å²) in [4.78, 5) is 4.43. The average molecular weight is 215 g/mol. The molecule has 0 aliphatic heterocycles. The first-order valence-corrected chi connectivity index (χ1v) is 5.97. The van der Waals surface area contributed by atoms with Gasteiger partial charge < -0.3 is 10.3 Å². The van der Waals surface area contributed by atoms with Gasteiger partial charge in [-0.15, -0.1) is 0 Å². The zero-order valence-electron chi connectivity index (χ0n) is 9.61. The standard InChI is InChI=1S/C13H17N3/c1-9-4-2-7-11-12(9)16(13(14)15-11)8-10-5-3-6-10/h2,4,7,10H,3,5-6,8H2,1H3,(H2,14,15). The Morgan fingerprint density at radius 1 is 1.44 bits per heavy atom. The van der Waals surface area contributed by atoms with Crippen molar-refractivity contribution in [2.75, 3.05) is 5.73 Å². The summed E-state index contributed by atoms with van der Waals surface area (Å²) in [6.07, 6.45) is 4.05. The molecular formula is C13H17N3. The lowest BCUT2D eigenvalue weighted by Gasteiger charge is -2.26. The fourth-order valence-electron chi connectivity index (χ4n) is 2.50. The molecule has 0 atom stereocenters. The van der Waals surface area contributed by atoms with Crippen LogP contribution in [-0.2, 0) is 6.54 Å². The molecule has 84 valence electrons. The van der Waals surface area contributed by atoms with Crippen LogP contribution in [0, 0.1) is 12.8 Å². The number of imidazole rings is 1. The van der Waals surface area contributed by atoms with Gasteiger partial charge in [0.25, 0.3) is 0 Å². The fraction of sp³-hybridized carbons (Fsp3) is 0.462. The predicted octanol–water partition coefficient (Wildman–Crippen LogP) is 2.73. The Morgan fingerprint density at radius 3 is 2.94 bits per heavy atom. The van der Waals surface area contributed by atoms with Crippen molar-refractivity contribution in [3.8, 4) is 0 Å². The van der Waals surface area contributed by atoms with Gasteiger partial charge in [0.1, 0.15) is 0 Å². The van der Waals surface area contributed by atoms with Crippen LogP contribution in [0.3, 0.4) is 0 Å². The zero-order chi connectivity index (χ0) is 11.1. The van der Waals surface area contributed by atoms with Crippen LogP contribution in [0.1, 0.15) is 24.8 Å². The molecule has 2 N–H and O–H groups in total. The number of hydrogen-bond donors (Lipinski definition) is 1. The summed E-state index contributed by atoms with van der Waals surface area (Å²) in [6, 6.07) is 6.20. The van der Waals surface area contributed by atoms with E-state index in [2.05, 4.69) is 22.5 Å². The second kappa shape index (κ2) is 3.51. The third-order valence-electron chi connectivity index (χ3n) is 3.66. The van der Waals surface area contributed by atoms with Gasteiger partial charge in [0.15, 0.2) is 0 Å². The summed E-state index contributed by atoms with van der Waals surface area (Å²) in [7, 11) is 0. The molecule has 2 aromatic rings. The van der Waals surface area contributed by atoms with Gasteiger partial charge in [-0.25, -0.2) is 4.98 Å². The normalized spacial score (nSPS) is 16.6. The van der Waals surface area contributed by atoms with Crippen molar-refractivity contribution in [1.29, 1.82) is 0 Å². The quantitative estimate of drug-likeness (QED) is 0.837. The van der Waals surface area contributed by atoms with Crippen molar-refractivity contribution in [3.05, 3.63) is 23.8 Å². The number of aromatic nitrogens is 2. The van der Waals surface area contributed by atoms with E-state index in [0.29, 0.717) is 5.95 Å². The minimum Gasteiger partial charge on any atom is -0.369 e. The Bertz CT molecular complexity index is 523. The predicted molar refractivity (Wildman–Crippen MR) is 66.2 cm³/mol. The average Bonchev–Trinajstić information content (AvgIpc) is 2.50. The molecule has 1 aliphatic rings. The van der Waals surface area contributed by atoms with Crippen LogP contribution in [-0.4, -0.2) is 9.55 Å². The maximum absolute atomic E-state index is 6.00. The van der Waals surface area contributed by atoms with Gasteiger partial charge in [-0.05, 0) is 37.3 Å². The van der Waals surface area contributed by atoms with Crippen LogP contribution >= 0.6 is 0 Å². The Morgan fingerprint density at radius 2 is 2.25 bits per heavy atom. The van der Waals surface area contributed by atoms with Crippen LogP contribution in [0.5, 0.6) is 0 Å². The molecule has 1 aromatic heterocycles. The van der Waals surface area contributed by atoms with E-state index in [0.717, 1.165) is 18.0 Å². The van der Waals surface area contributed by atoms with Crippen molar-refractivity contribution in [1.82, 2.24) is 9.55 Å². The van der Waals surface area contributed by atoms with Crippen LogP contribution in [0.15, 0.2) is 18.2 Å². The Hall–Kier alpha value is -1.51. The highest BCUT2D eigenvalue weighted by Gasteiger charge is 2.20. The van der Waals surface area contributed by atoms with Gasteiger partial charge in [0.2, 0.25) is 5.95 Å². The second-order valence-corrected chi connectivity index (χ2v) is 4.82. The van der Waals surface area contributed by atoms with E-state index in [1.165, 1.54) is 30.3 Å². The van der Waals surface area contributed by atoms with E-state index in [1.807, 2.05) is 12.1 Å².